The Morgan fingerprint density at radius 1 is 1.18 bits per heavy atom. The van der Waals surface area contributed by atoms with E-state index in [1.54, 1.807) is 30.3 Å². The van der Waals surface area contributed by atoms with E-state index >= 15 is 0 Å². The molecule has 0 bridgehead atoms. The minimum atomic E-state index is -0.559. The van der Waals surface area contributed by atoms with Crippen LogP contribution in [-0.4, -0.2) is 20.3 Å². The number of aromatic nitrogens is 3. The fourth-order valence-corrected chi connectivity index (χ4v) is 2.41. The van der Waals surface area contributed by atoms with Crippen molar-refractivity contribution in [3.05, 3.63) is 64.1 Å². The van der Waals surface area contributed by atoms with Gasteiger partial charge in [0.15, 0.2) is 5.82 Å². The van der Waals surface area contributed by atoms with Crippen LogP contribution in [0.15, 0.2) is 46.9 Å². The fourth-order valence-electron chi connectivity index (χ4n) is 2.05. The van der Waals surface area contributed by atoms with Gasteiger partial charge in [-0.15, -0.1) is 0 Å². The zero-order valence-corrected chi connectivity index (χ0v) is 12.9. The van der Waals surface area contributed by atoms with Gasteiger partial charge in [0.25, 0.3) is 0 Å². The lowest BCUT2D eigenvalue weighted by molar-refractivity contribution is 0.477. The van der Waals surface area contributed by atoms with Crippen LogP contribution < -0.4 is 5.73 Å². The highest BCUT2D eigenvalue weighted by atomic mass is 79.9. The molecule has 2 aromatic carbocycles. The highest BCUT2D eigenvalue weighted by Gasteiger charge is 2.16. The molecule has 1 heterocycles. The van der Waals surface area contributed by atoms with Crippen molar-refractivity contribution in [1.82, 2.24) is 15.2 Å². The predicted octanol–water partition coefficient (Wildman–Crippen LogP) is 3.13. The quantitative estimate of drug-likeness (QED) is 0.667. The Hall–Kier alpha value is -2.25. The average Bonchev–Trinajstić information content (AvgIpc) is 2.99. The maximum atomic E-state index is 13.0. The molecule has 0 aliphatic rings. The number of phenolic OH excluding ortho intramolecular Hbond substituents is 1. The summed E-state index contributed by atoms with van der Waals surface area (Å²) in [6.45, 7) is 0. The molecule has 0 fully saturated rings. The monoisotopic (exact) mass is 362 g/mol. The minimum absolute atomic E-state index is 0.0732. The molecule has 22 heavy (non-hydrogen) atoms. The Balaban J connectivity index is 1.93. The Labute approximate surface area is 134 Å². The molecule has 3 aromatic rings. The number of phenols is 1. The predicted molar refractivity (Wildman–Crippen MR) is 83.6 cm³/mol. The molecule has 0 aliphatic heterocycles. The maximum Gasteiger partial charge on any atom is 0.184 e. The molecule has 0 saturated carbocycles. The number of hydrogen-bond donors (Lipinski definition) is 3. The number of halogens is 2. The van der Waals surface area contributed by atoms with Gasteiger partial charge in [0.2, 0.25) is 0 Å². The molecule has 0 radical (unpaired) electrons. The summed E-state index contributed by atoms with van der Waals surface area (Å²) in [5, 5.41) is 16.7. The van der Waals surface area contributed by atoms with Crippen LogP contribution in [0.5, 0.6) is 5.75 Å². The number of nitrogens with two attached hydrogens (primary N) is 1. The van der Waals surface area contributed by atoms with Crippen LogP contribution in [-0.2, 0) is 0 Å². The SMILES string of the molecule is NC(c1ccc(F)cc1)c1nc(-c2cc(Br)ccc2O)n[nH]1. The zero-order valence-electron chi connectivity index (χ0n) is 11.3. The van der Waals surface area contributed by atoms with E-state index in [9.17, 15) is 9.50 Å². The highest BCUT2D eigenvalue weighted by Crippen LogP contribution is 2.30. The molecule has 4 N–H and O–H groups in total. The lowest BCUT2D eigenvalue weighted by atomic mass is 10.1. The third-order valence-electron chi connectivity index (χ3n) is 3.23. The topological polar surface area (TPSA) is 87.8 Å². The largest absolute Gasteiger partial charge is 0.507 e. The number of rotatable bonds is 3. The van der Waals surface area contributed by atoms with Crippen LogP contribution in [0, 0.1) is 5.82 Å². The van der Waals surface area contributed by atoms with Crippen LogP contribution in [0.4, 0.5) is 4.39 Å². The normalized spacial score (nSPS) is 12.3. The first-order chi connectivity index (χ1) is 10.5. The Morgan fingerprint density at radius 3 is 2.64 bits per heavy atom. The molecule has 0 amide bonds. The van der Waals surface area contributed by atoms with E-state index < -0.39 is 6.04 Å². The summed E-state index contributed by atoms with van der Waals surface area (Å²) in [7, 11) is 0. The first kappa shape index (κ1) is 14.7. The van der Waals surface area contributed by atoms with Crippen molar-refractivity contribution in [2.45, 2.75) is 6.04 Å². The number of H-pyrrole nitrogens is 1. The van der Waals surface area contributed by atoms with Gasteiger partial charge < -0.3 is 10.8 Å². The van der Waals surface area contributed by atoms with Gasteiger partial charge in [-0.1, -0.05) is 28.1 Å². The summed E-state index contributed by atoms with van der Waals surface area (Å²) in [6, 6.07) is 10.3. The highest BCUT2D eigenvalue weighted by molar-refractivity contribution is 9.10. The summed E-state index contributed by atoms with van der Waals surface area (Å²) < 4.78 is 13.8. The molecule has 0 aliphatic carbocycles. The summed E-state index contributed by atoms with van der Waals surface area (Å²) in [6.07, 6.45) is 0. The zero-order chi connectivity index (χ0) is 15.7. The lowest BCUT2D eigenvalue weighted by Crippen LogP contribution is -2.13. The summed E-state index contributed by atoms with van der Waals surface area (Å²) >= 11 is 3.34. The second kappa shape index (κ2) is 5.86. The minimum Gasteiger partial charge on any atom is -0.507 e. The number of aromatic amines is 1. The molecule has 5 nitrogen and oxygen atoms in total. The molecule has 1 unspecified atom stereocenters. The van der Waals surface area contributed by atoms with Crippen LogP contribution >= 0.6 is 15.9 Å². The molecular formula is C15H12BrFN4O. The van der Waals surface area contributed by atoms with Crippen molar-refractivity contribution < 1.29 is 9.50 Å². The van der Waals surface area contributed by atoms with Crippen LogP contribution in [0.2, 0.25) is 0 Å². The number of benzene rings is 2. The summed E-state index contributed by atoms with van der Waals surface area (Å²) in [4.78, 5) is 4.31. The van der Waals surface area contributed by atoms with Crippen LogP contribution in [0.25, 0.3) is 11.4 Å². The molecular weight excluding hydrogens is 351 g/mol. The van der Waals surface area contributed by atoms with Crippen molar-refractivity contribution in [2.75, 3.05) is 0 Å². The van der Waals surface area contributed by atoms with E-state index in [4.69, 9.17) is 5.73 Å². The van der Waals surface area contributed by atoms with Gasteiger partial charge >= 0.3 is 0 Å². The van der Waals surface area contributed by atoms with Gasteiger partial charge in [0, 0.05) is 4.47 Å². The molecule has 112 valence electrons. The van der Waals surface area contributed by atoms with E-state index in [1.165, 1.54) is 12.1 Å². The van der Waals surface area contributed by atoms with Crippen molar-refractivity contribution in [2.24, 2.45) is 5.73 Å². The summed E-state index contributed by atoms with van der Waals surface area (Å²) in [5.74, 6) is 0.518. The first-order valence-electron chi connectivity index (χ1n) is 6.47. The molecule has 0 saturated heterocycles. The van der Waals surface area contributed by atoms with Crippen molar-refractivity contribution in [1.29, 1.82) is 0 Å². The number of hydrogen-bond acceptors (Lipinski definition) is 4. The van der Waals surface area contributed by atoms with Gasteiger partial charge in [-0.3, -0.25) is 5.10 Å². The maximum absolute atomic E-state index is 13.0. The van der Waals surface area contributed by atoms with E-state index in [-0.39, 0.29) is 11.6 Å². The lowest BCUT2D eigenvalue weighted by Gasteiger charge is -2.08. The second-order valence-corrected chi connectivity index (χ2v) is 5.65. The Bertz CT molecular complexity index is 804. The van der Waals surface area contributed by atoms with Gasteiger partial charge in [0.1, 0.15) is 17.4 Å². The van der Waals surface area contributed by atoms with Gasteiger partial charge in [0.05, 0.1) is 11.6 Å². The van der Waals surface area contributed by atoms with Crippen LogP contribution in [0.3, 0.4) is 0 Å². The number of nitrogens with one attached hydrogen (secondary N) is 1. The number of aromatic hydroxyl groups is 1. The standard InChI is InChI=1S/C15H12BrFN4O/c16-9-3-6-12(22)11(7-9)14-19-15(21-20-14)13(18)8-1-4-10(17)5-2-8/h1-7,13,22H,18H2,(H,19,20,21). The molecule has 0 spiro atoms. The van der Waals surface area contributed by atoms with Crippen molar-refractivity contribution >= 4 is 15.9 Å². The van der Waals surface area contributed by atoms with Crippen molar-refractivity contribution in [3.8, 4) is 17.1 Å². The van der Waals surface area contributed by atoms with Crippen LogP contribution in [0.1, 0.15) is 17.4 Å². The summed E-state index contributed by atoms with van der Waals surface area (Å²) in [5.41, 5.74) is 7.30. The number of nitrogens with zero attached hydrogens (tertiary/aromatic N) is 2. The van der Waals surface area contributed by atoms with E-state index in [0.29, 0.717) is 22.8 Å². The van der Waals surface area contributed by atoms with Gasteiger partial charge in [-0.25, -0.2) is 9.37 Å². The van der Waals surface area contributed by atoms with Crippen molar-refractivity contribution in [3.63, 3.8) is 0 Å². The van der Waals surface area contributed by atoms with Gasteiger partial charge in [-0.2, -0.15) is 5.10 Å². The molecule has 1 atom stereocenters. The fraction of sp³-hybridized carbons (Fsp3) is 0.0667. The second-order valence-electron chi connectivity index (χ2n) is 4.73. The first-order valence-corrected chi connectivity index (χ1v) is 7.26. The van der Waals surface area contributed by atoms with Gasteiger partial charge in [-0.05, 0) is 35.9 Å². The third kappa shape index (κ3) is 2.86. The average molecular weight is 363 g/mol. The molecule has 3 rings (SSSR count). The Morgan fingerprint density at radius 2 is 1.91 bits per heavy atom. The molecule has 1 aromatic heterocycles. The Kier molecular flexibility index (Phi) is 3.91. The van der Waals surface area contributed by atoms with E-state index in [0.717, 1.165) is 4.47 Å². The molecule has 7 heteroatoms. The van der Waals surface area contributed by atoms with E-state index in [2.05, 4.69) is 31.1 Å². The third-order valence-corrected chi connectivity index (χ3v) is 3.72. The van der Waals surface area contributed by atoms with E-state index in [1.807, 2.05) is 0 Å². The smallest absolute Gasteiger partial charge is 0.184 e.